The van der Waals surface area contributed by atoms with Gasteiger partial charge in [0.1, 0.15) is 11.7 Å². The lowest BCUT2D eigenvalue weighted by atomic mass is 10.1. The van der Waals surface area contributed by atoms with E-state index in [0.717, 1.165) is 24.9 Å². The fraction of sp³-hybridized carbons (Fsp3) is 0.458. The maximum atomic E-state index is 12.6. The Kier molecular flexibility index (Phi) is 9.69. The number of H-pyrrole nitrogens is 1. The normalized spacial score (nSPS) is 14.9. The number of esters is 1. The number of aliphatic carboxylic acids is 1. The first kappa shape index (κ1) is 27.3. The van der Waals surface area contributed by atoms with Crippen LogP contribution in [0.5, 0.6) is 0 Å². The number of nitrogens with one attached hydrogen (secondary N) is 5. The molecule has 0 saturated heterocycles. The van der Waals surface area contributed by atoms with Crippen molar-refractivity contribution in [2.24, 2.45) is 0 Å². The number of fused-ring (bicyclic) bond motifs is 1. The molecule has 1 unspecified atom stereocenters. The van der Waals surface area contributed by atoms with Gasteiger partial charge < -0.3 is 36.8 Å². The number of benzene rings is 1. The van der Waals surface area contributed by atoms with Gasteiger partial charge in [0.25, 0.3) is 11.5 Å². The summed E-state index contributed by atoms with van der Waals surface area (Å²) >= 11 is 0. The second-order valence-electron chi connectivity index (χ2n) is 8.69. The Morgan fingerprint density at radius 1 is 1.24 bits per heavy atom. The lowest BCUT2D eigenvalue weighted by molar-refractivity contribution is -0.144. The van der Waals surface area contributed by atoms with Gasteiger partial charge in [-0.3, -0.25) is 19.4 Å². The van der Waals surface area contributed by atoms with Crippen molar-refractivity contribution in [2.75, 3.05) is 41.4 Å². The van der Waals surface area contributed by atoms with Crippen molar-refractivity contribution in [2.45, 2.75) is 51.1 Å². The van der Waals surface area contributed by atoms with E-state index < -0.39 is 23.9 Å². The number of aromatic amines is 1. The molecule has 0 bridgehead atoms. The molecule has 1 amide bonds. The molecule has 13 heteroatoms. The van der Waals surface area contributed by atoms with E-state index in [2.05, 4.69) is 31.2 Å². The molecule has 0 saturated carbocycles. The zero-order valence-corrected chi connectivity index (χ0v) is 20.6. The second kappa shape index (κ2) is 13.1. The van der Waals surface area contributed by atoms with E-state index >= 15 is 0 Å². The van der Waals surface area contributed by atoms with Crippen molar-refractivity contribution < 1.29 is 24.2 Å². The standard InChI is InChI=1S/C24H33N7O6/c1-2-3-4-11-37-18(32)10-9-17(23(35)36)29-21(33)14-5-7-15(8-6-14)26-12-16-13-27-20-19(28-16)22(34)31-24(25)30-20/h5-8,16-17,26,28H,2-4,9-13H2,1H3,(H,29,33)(H,35,36)(H4,25,27,30,31,34)/t16?,17-/m0/s1. The molecule has 0 radical (unpaired) electrons. The van der Waals surface area contributed by atoms with Crippen molar-refractivity contribution in [1.82, 2.24) is 15.3 Å². The van der Waals surface area contributed by atoms with E-state index in [-0.39, 0.29) is 36.0 Å². The van der Waals surface area contributed by atoms with Crippen LogP contribution >= 0.6 is 0 Å². The summed E-state index contributed by atoms with van der Waals surface area (Å²) in [6.45, 7) is 3.33. The van der Waals surface area contributed by atoms with E-state index in [0.29, 0.717) is 31.2 Å². The summed E-state index contributed by atoms with van der Waals surface area (Å²) in [7, 11) is 0. The highest BCUT2D eigenvalue weighted by Crippen LogP contribution is 2.20. The molecule has 0 fully saturated rings. The fourth-order valence-corrected chi connectivity index (χ4v) is 3.70. The number of carboxylic acid groups (broad SMARTS) is 1. The first-order chi connectivity index (χ1) is 17.8. The zero-order valence-electron chi connectivity index (χ0n) is 20.6. The minimum Gasteiger partial charge on any atom is -0.480 e. The van der Waals surface area contributed by atoms with Crippen LogP contribution in [0.3, 0.4) is 0 Å². The lowest BCUT2D eigenvalue weighted by Crippen LogP contribution is -2.41. The second-order valence-corrected chi connectivity index (χ2v) is 8.69. The number of unbranched alkanes of at least 4 members (excludes halogenated alkanes) is 2. The SMILES string of the molecule is CCCCCOC(=O)CC[C@H](NC(=O)c1ccc(NCC2CNc3nc(N)[nH]c(=O)c3N2)cc1)C(=O)O. The molecule has 3 rings (SSSR count). The number of aromatic nitrogens is 2. The van der Waals surface area contributed by atoms with Gasteiger partial charge in [0, 0.05) is 30.8 Å². The number of carboxylic acids is 1. The Hall–Kier alpha value is -4.29. The van der Waals surface area contributed by atoms with Gasteiger partial charge in [-0.15, -0.1) is 0 Å². The quantitative estimate of drug-likeness (QED) is 0.150. The predicted octanol–water partition coefficient (Wildman–Crippen LogP) is 1.37. The largest absolute Gasteiger partial charge is 0.480 e. The Morgan fingerprint density at radius 2 is 2.00 bits per heavy atom. The Balaban J connectivity index is 1.47. The van der Waals surface area contributed by atoms with Gasteiger partial charge in [-0.1, -0.05) is 19.8 Å². The third-order valence-corrected chi connectivity index (χ3v) is 5.75. The van der Waals surface area contributed by atoms with Crippen LogP contribution in [0.15, 0.2) is 29.1 Å². The highest BCUT2D eigenvalue weighted by Gasteiger charge is 2.23. The van der Waals surface area contributed by atoms with Crippen LogP contribution in [0.25, 0.3) is 0 Å². The average Bonchev–Trinajstić information content (AvgIpc) is 2.88. The molecular weight excluding hydrogens is 482 g/mol. The number of amides is 1. The van der Waals surface area contributed by atoms with E-state index in [9.17, 15) is 24.3 Å². The summed E-state index contributed by atoms with van der Waals surface area (Å²) in [6.07, 6.45) is 2.55. The van der Waals surface area contributed by atoms with Crippen LogP contribution in [0, 0.1) is 0 Å². The van der Waals surface area contributed by atoms with Gasteiger partial charge in [0.05, 0.1) is 12.6 Å². The first-order valence-electron chi connectivity index (χ1n) is 12.2. The third kappa shape index (κ3) is 8.12. The number of carbonyl (C=O) groups excluding carboxylic acids is 2. The monoisotopic (exact) mass is 515 g/mol. The average molecular weight is 516 g/mol. The number of nitrogens with two attached hydrogens (primary N) is 1. The number of nitrogens with zero attached hydrogens (tertiary/aromatic N) is 1. The molecule has 2 heterocycles. The van der Waals surface area contributed by atoms with Gasteiger partial charge in [0.15, 0.2) is 5.82 Å². The molecule has 8 N–H and O–H groups in total. The van der Waals surface area contributed by atoms with Gasteiger partial charge in [-0.25, -0.2) is 4.79 Å². The molecule has 1 aromatic carbocycles. The summed E-state index contributed by atoms with van der Waals surface area (Å²) in [5.41, 5.74) is 6.52. The predicted molar refractivity (Wildman–Crippen MR) is 139 cm³/mol. The van der Waals surface area contributed by atoms with Crippen LogP contribution in [0.2, 0.25) is 0 Å². The lowest BCUT2D eigenvalue weighted by Gasteiger charge is -2.27. The van der Waals surface area contributed by atoms with E-state index in [4.69, 9.17) is 10.5 Å². The minimum absolute atomic E-state index is 0.0359. The summed E-state index contributed by atoms with van der Waals surface area (Å²) in [6, 6.07) is 5.19. The molecule has 37 heavy (non-hydrogen) atoms. The molecule has 1 aliphatic heterocycles. The van der Waals surface area contributed by atoms with Crippen LogP contribution in [-0.2, 0) is 14.3 Å². The fourth-order valence-electron chi connectivity index (χ4n) is 3.70. The van der Waals surface area contributed by atoms with Crippen molar-refractivity contribution in [3.8, 4) is 0 Å². The topological polar surface area (TPSA) is 201 Å². The Bertz CT molecular complexity index is 1150. The number of anilines is 4. The molecule has 1 aliphatic rings. The van der Waals surface area contributed by atoms with Gasteiger partial charge >= 0.3 is 11.9 Å². The first-order valence-corrected chi connectivity index (χ1v) is 12.2. The van der Waals surface area contributed by atoms with Crippen molar-refractivity contribution in [3.63, 3.8) is 0 Å². The Labute approximate surface area is 213 Å². The molecule has 1 aromatic heterocycles. The van der Waals surface area contributed by atoms with Crippen molar-refractivity contribution >= 4 is 41.0 Å². The Morgan fingerprint density at radius 3 is 2.70 bits per heavy atom. The summed E-state index contributed by atoms with van der Waals surface area (Å²) in [5.74, 6) is -1.83. The highest BCUT2D eigenvalue weighted by molar-refractivity contribution is 5.97. The molecule has 0 aliphatic carbocycles. The zero-order chi connectivity index (χ0) is 26.8. The maximum absolute atomic E-state index is 12.6. The van der Waals surface area contributed by atoms with Gasteiger partial charge in [-0.2, -0.15) is 4.98 Å². The number of hydrogen-bond donors (Lipinski definition) is 7. The van der Waals surface area contributed by atoms with Gasteiger partial charge in [-0.05, 0) is 37.1 Å². The molecular formula is C24H33N7O6. The summed E-state index contributed by atoms with van der Waals surface area (Å²) in [4.78, 5) is 54.5. The molecule has 2 atom stereocenters. The van der Waals surface area contributed by atoms with Crippen LogP contribution in [0.1, 0.15) is 49.4 Å². The molecule has 13 nitrogen and oxygen atoms in total. The van der Waals surface area contributed by atoms with Crippen molar-refractivity contribution in [1.29, 1.82) is 0 Å². The third-order valence-electron chi connectivity index (χ3n) is 5.75. The number of carbonyl (C=O) groups is 3. The maximum Gasteiger partial charge on any atom is 0.326 e. The summed E-state index contributed by atoms with van der Waals surface area (Å²) in [5, 5.41) is 21.3. The van der Waals surface area contributed by atoms with Crippen LogP contribution < -0.4 is 32.6 Å². The van der Waals surface area contributed by atoms with E-state index in [1.807, 2.05) is 6.92 Å². The number of nitrogen functional groups attached to an aromatic ring is 1. The number of ether oxygens (including phenoxy) is 1. The minimum atomic E-state index is -1.22. The molecule has 2 aromatic rings. The van der Waals surface area contributed by atoms with E-state index in [1.165, 1.54) is 0 Å². The highest BCUT2D eigenvalue weighted by atomic mass is 16.5. The van der Waals surface area contributed by atoms with E-state index in [1.54, 1.807) is 24.3 Å². The number of hydrogen-bond acceptors (Lipinski definition) is 10. The van der Waals surface area contributed by atoms with Crippen LogP contribution in [-0.4, -0.2) is 64.7 Å². The smallest absolute Gasteiger partial charge is 0.326 e. The summed E-state index contributed by atoms with van der Waals surface area (Å²) < 4.78 is 5.09. The van der Waals surface area contributed by atoms with Crippen molar-refractivity contribution in [3.05, 3.63) is 40.2 Å². The van der Waals surface area contributed by atoms with Crippen LogP contribution in [0.4, 0.5) is 23.1 Å². The van der Waals surface area contributed by atoms with Gasteiger partial charge in [0.2, 0.25) is 5.95 Å². The molecule has 0 spiro atoms. The molecule has 200 valence electrons. The number of rotatable bonds is 13.